The largest absolute Gasteiger partial charge is 0.438 e. The van der Waals surface area contributed by atoms with Crippen molar-refractivity contribution in [3.8, 4) is 0 Å². The zero-order valence-electron chi connectivity index (χ0n) is 19.6. The first-order valence-corrected chi connectivity index (χ1v) is 12.2. The molecule has 5 heteroatoms. The van der Waals surface area contributed by atoms with Crippen molar-refractivity contribution in [3.63, 3.8) is 0 Å². The lowest BCUT2D eigenvalue weighted by atomic mass is 10.1. The second-order valence-electron chi connectivity index (χ2n) is 9.14. The Balaban J connectivity index is 1.40. The Labute approximate surface area is 211 Å². The van der Waals surface area contributed by atoms with Crippen molar-refractivity contribution in [3.05, 3.63) is 116 Å². The van der Waals surface area contributed by atoms with Crippen molar-refractivity contribution < 1.29 is 8.83 Å². The fraction of sp³-hybridized carbons (Fsp3) is 0. The summed E-state index contributed by atoms with van der Waals surface area (Å²) in [6.07, 6.45) is 3.51. The standard InChI is InChI=1S/C32H19N3O2/c1-2-6-21-17-22(10-9-20(21)5-1)35(23-11-13-29-27(18-23)25-7-3-15-33-31(25)36-29)24-12-14-30-28(19-24)26-8-4-16-34-32(26)37-30/h1-19H. The highest BCUT2D eigenvalue weighted by Crippen LogP contribution is 2.41. The van der Waals surface area contributed by atoms with Crippen LogP contribution in [0.3, 0.4) is 0 Å². The Morgan fingerprint density at radius 2 is 1.00 bits per heavy atom. The summed E-state index contributed by atoms with van der Waals surface area (Å²) in [5.74, 6) is 0. The van der Waals surface area contributed by atoms with Crippen LogP contribution in [0.4, 0.5) is 17.1 Å². The van der Waals surface area contributed by atoms with Crippen molar-refractivity contribution in [2.75, 3.05) is 4.90 Å². The molecule has 0 aliphatic rings. The number of rotatable bonds is 3. The van der Waals surface area contributed by atoms with E-state index in [2.05, 4.69) is 93.7 Å². The van der Waals surface area contributed by atoms with Crippen LogP contribution >= 0.6 is 0 Å². The Bertz CT molecular complexity index is 2010. The maximum absolute atomic E-state index is 6.00. The van der Waals surface area contributed by atoms with E-state index >= 15 is 0 Å². The van der Waals surface area contributed by atoms with Gasteiger partial charge >= 0.3 is 0 Å². The first kappa shape index (κ1) is 20.1. The molecule has 0 saturated carbocycles. The molecule has 0 aliphatic heterocycles. The highest BCUT2D eigenvalue weighted by molar-refractivity contribution is 6.07. The molecule has 0 amide bonds. The van der Waals surface area contributed by atoms with Gasteiger partial charge in [-0.1, -0.05) is 30.3 Å². The molecule has 8 aromatic rings. The van der Waals surface area contributed by atoms with Gasteiger partial charge < -0.3 is 13.7 Å². The molecule has 5 nitrogen and oxygen atoms in total. The molecule has 0 spiro atoms. The zero-order valence-corrected chi connectivity index (χ0v) is 19.6. The Kier molecular flexibility index (Phi) is 4.16. The van der Waals surface area contributed by atoms with Crippen LogP contribution in [0.2, 0.25) is 0 Å². The molecule has 37 heavy (non-hydrogen) atoms. The summed E-state index contributed by atoms with van der Waals surface area (Å²) >= 11 is 0. The molecule has 174 valence electrons. The van der Waals surface area contributed by atoms with E-state index in [0.29, 0.717) is 11.4 Å². The van der Waals surface area contributed by atoms with Crippen LogP contribution in [0.25, 0.3) is 54.9 Å². The minimum absolute atomic E-state index is 0.644. The molecule has 0 N–H and O–H groups in total. The topological polar surface area (TPSA) is 55.3 Å². The van der Waals surface area contributed by atoms with E-state index in [1.807, 2.05) is 24.3 Å². The first-order valence-electron chi connectivity index (χ1n) is 12.2. The lowest BCUT2D eigenvalue weighted by molar-refractivity contribution is 0.654. The van der Waals surface area contributed by atoms with Crippen molar-refractivity contribution >= 4 is 72.0 Å². The van der Waals surface area contributed by atoms with Crippen molar-refractivity contribution in [1.82, 2.24) is 9.97 Å². The second-order valence-corrected chi connectivity index (χ2v) is 9.14. The second kappa shape index (κ2) is 7.67. The third-order valence-corrected chi connectivity index (χ3v) is 6.97. The summed E-state index contributed by atoms with van der Waals surface area (Å²) in [4.78, 5) is 11.1. The number of nitrogens with zero attached hydrogens (tertiary/aromatic N) is 3. The molecule has 0 aliphatic carbocycles. The molecule has 0 unspecified atom stereocenters. The molecular formula is C32H19N3O2. The van der Waals surface area contributed by atoms with Crippen LogP contribution in [-0.4, -0.2) is 9.97 Å². The van der Waals surface area contributed by atoms with Gasteiger partial charge in [0, 0.05) is 51.0 Å². The fourth-order valence-corrected chi connectivity index (χ4v) is 5.24. The predicted octanol–water partition coefficient (Wildman–Crippen LogP) is 8.90. The van der Waals surface area contributed by atoms with Gasteiger partial charge in [0.1, 0.15) is 11.2 Å². The molecule has 4 aromatic heterocycles. The quantitative estimate of drug-likeness (QED) is 0.254. The van der Waals surface area contributed by atoms with Crippen LogP contribution in [0.5, 0.6) is 0 Å². The SMILES string of the molecule is c1ccc2cc(N(c3ccc4oc5ncccc5c4c3)c3ccc4oc5ncccc5c4c3)ccc2c1. The van der Waals surface area contributed by atoms with E-state index < -0.39 is 0 Å². The van der Waals surface area contributed by atoms with Crippen molar-refractivity contribution in [2.24, 2.45) is 0 Å². The molecule has 0 atom stereocenters. The van der Waals surface area contributed by atoms with Gasteiger partial charge in [0.15, 0.2) is 0 Å². The third kappa shape index (κ3) is 3.11. The molecule has 0 fully saturated rings. The number of hydrogen-bond acceptors (Lipinski definition) is 5. The summed E-state index contributed by atoms with van der Waals surface area (Å²) in [7, 11) is 0. The number of fused-ring (bicyclic) bond motifs is 7. The van der Waals surface area contributed by atoms with Gasteiger partial charge in [0.2, 0.25) is 11.4 Å². The lowest BCUT2D eigenvalue weighted by Gasteiger charge is -2.26. The first-order chi connectivity index (χ1) is 18.3. The average molecular weight is 478 g/mol. The molecule has 8 rings (SSSR count). The maximum atomic E-state index is 6.00. The van der Waals surface area contributed by atoms with Crippen molar-refractivity contribution in [1.29, 1.82) is 0 Å². The fourth-order valence-electron chi connectivity index (χ4n) is 5.24. The number of benzene rings is 4. The Hall–Kier alpha value is -5.16. The highest BCUT2D eigenvalue weighted by atomic mass is 16.3. The molecule has 4 heterocycles. The number of furan rings is 2. The van der Waals surface area contributed by atoms with E-state index in [9.17, 15) is 0 Å². The van der Waals surface area contributed by atoms with E-state index in [-0.39, 0.29) is 0 Å². The van der Waals surface area contributed by atoms with Gasteiger partial charge in [-0.25, -0.2) is 9.97 Å². The van der Waals surface area contributed by atoms with Gasteiger partial charge in [-0.3, -0.25) is 0 Å². The molecule has 0 bridgehead atoms. The number of pyridine rings is 2. The van der Waals surface area contributed by atoms with Gasteiger partial charge in [-0.15, -0.1) is 0 Å². The van der Waals surface area contributed by atoms with Crippen LogP contribution in [0.15, 0.2) is 124 Å². The van der Waals surface area contributed by atoms with Crippen LogP contribution in [0.1, 0.15) is 0 Å². The van der Waals surface area contributed by atoms with Gasteiger partial charge in [0.05, 0.1) is 0 Å². The minimum atomic E-state index is 0.644. The third-order valence-electron chi connectivity index (χ3n) is 6.97. The maximum Gasteiger partial charge on any atom is 0.227 e. The lowest BCUT2D eigenvalue weighted by Crippen LogP contribution is -2.09. The monoisotopic (exact) mass is 477 g/mol. The predicted molar refractivity (Wildman–Crippen MR) is 149 cm³/mol. The van der Waals surface area contributed by atoms with E-state index in [0.717, 1.165) is 49.8 Å². The summed E-state index contributed by atoms with van der Waals surface area (Å²) < 4.78 is 12.0. The average Bonchev–Trinajstić information content (AvgIpc) is 3.51. The Morgan fingerprint density at radius 3 is 1.62 bits per heavy atom. The van der Waals surface area contributed by atoms with Crippen LogP contribution < -0.4 is 4.90 Å². The van der Waals surface area contributed by atoms with Gasteiger partial charge in [-0.05, 0) is 83.6 Å². The summed E-state index contributed by atoms with van der Waals surface area (Å²) in [6, 6.07) is 35.6. The zero-order chi connectivity index (χ0) is 24.3. The number of anilines is 3. The van der Waals surface area contributed by atoms with E-state index in [1.165, 1.54) is 10.8 Å². The van der Waals surface area contributed by atoms with Crippen LogP contribution in [0, 0.1) is 0 Å². The van der Waals surface area contributed by atoms with E-state index in [4.69, 9.17) is 8.83 Å². The number of hydrogen-bond donors (Lipinski definition) is 0. The summed E-state index contributed by atoms with van der Waals surface area (Å²) in [5, 5.41) is 6.45. The Morgan fingerprint density at radius 1 is 0.459 bits per heavy atom. The normalized spacial score (nSPS) is 11.8. The van der Waals surface area contributed by atoms with Crippen molar-refractivity contribution in [2.45, 2.75) is 0 Å². The summed E-state index contributed by atoms with van der Waals surface area (Å²) in [6.45, 7) is 0. The molecule has 0 radical (unpaired) electrons. The molecule has 4 aromatic carbocycles. The van der Waals surface area contributed by atoms with Crippen LogP contribution in [-0.2, 0) is 0 Å². The molecule has 0 saturated heterocycles. The molecular weight excluding hydrogens is 458 g/mol. The van der Waals surface area contributed by atoms with Gasteiger partial charge in [-0.2, -0.15) is 0 Å². The summed E-state index contributed by atoms with van der Waals surface area (Å²) in [5.41, 5.74) is 6.04. The number of aromatic nitrogens is 2. The minimum Gasteiger partial charge on any atom is -0.438 e. The highest BCUT2D eigenvalue weighted by Gasteiger charge is 2.18. The van der Waals surface area contributed by atoms with Gasteiger partial charge in [0.25, 0.3) is 0 Å². The van der Waals surface area contributed by atoms with E-state index in [1.54, 1.807) is 12.4 Å². The smallest absolute Gasteiger partial charge is 0.227 e.